The van der Waals surface area contributed by atoms with E-state index >= 15 is 0 Å². The van der Waals surface area contributed by atoms with Crippen molar-refractivity contribution in [1.82, 2.24) is 19.1 Å². The van der Waals surface area contributed by atoms with Gasteiger partial charge in [-0.2, -0.15) is 0 Å². The molecule has 0 saturated carbocycles. The summed E-state index contributed by atoms with van der Waals surface area (Å²) in [5.74, 6) is 1.00. The largest absolute Gasteiger partial charge is 0.329 e. The van der Waals surface area contributed by atoms with Gasteiger partial charge in [-0.15, -0.1) is 36.6 Å². The molecule has 0 amide bonds. The van der Waals surface area contributed by atoms with Gasteiger partial charge in [0.2, 0.25) is 0 Å². The quantitative estimate of drug-likeness (QED) is 0.663. The number of benzene rings is 1. The summed E-state index contributed by atoms with van der Waals surface area (Å²) in [6.45, 7) is 2.75. The maximum absolute atomic E-state index is 4.46. The van der Waals surface area contributed by atoms with Crippen LogP contribution >= 0.6 is 36.6 Å². The Labute approximate surface area is 146 Å². The van der Waals surface area contributed by atoms with Crippen LogP contribution in [0.2, 0.25) is 0 Å². The van der Waals surface area contributed by atoms with E-state index in [0.29, 0.717) is 0 Å². The highest BCUT2D eigenvalue weighted by Gasteiger charge is 2.03. The molecule has 0 atom stereocenters. The molecular weight excluding hydrogens is 339 g/mol. The predicted octanol–water partition coefficient (Wildman–Crippen LogP) is 3.99. The van der Waals surface area contributed by atoms with E-state index < -0.39 is 0 Å². The Morgan fingerprint density at radius 3 is 2.41 bits per heavy atom. The Kier molecular flexibility index (Phi) is 7.00. The second-order valence-corrected chi connectivity index (χ2v) is 5.45. The minimum absolute atomic E-state index is 0. The fraction of sp³-hybridized carbons (Fsp3) is 0.200. The average Bonchev–Trinajstić information content (AvgIpc) is 3.10. The smallest absolute Gasteiger partial charge is 0.105 e. The minimum Gasteiger partial charge on any atom is -0.329 e. The Morgan fingerprint density at radius 1 is 1.09 bits per heavy atom. The molecule has 0 bridgehead atoms. The number of imidazole rings is 2. The third-order valence-corrected chi connectivity index (χ3v) is 4.01. The number of aryl methyl sites for hydroxylation is 1. The molecule has 3 aromatic rings. The Morgan fingerprint density at radius 2 is 1.82 bits per heavy atom. The van der Waals surface area contributed by atoms with Gasteiger partial charge in [-0.3, -0.25) is 0 Å². The van der Waals surface area contributed by atoms with Crippen LogP contribution in [0.3, 0.4) is 0 Å². The number of rotatable bonds is 4. The molecule has 0 aliphatic carbocycles. The molecule has 0 aliphatic heterocycles. The monoisotopic (exact) mass is 356 g/mol. The summed E-state index contributed by atoms with van der Waals surface area (Å²) >= 11 is 1.75. The lowest BCUT2D eigenvalue weighted by Crippen LogP contribution is -2.00. The molecular formula is C15H18Cl2N4S. The third-order valence-electron chi connectivity index (χ3n) is 3.26. The second kappa shape index (κ2) is 8.27. The average molecular weight is 357 g/mol. The van der Waals surface area contributed by atoms with E-state index in [1.807, 2.05) is 30.2 Å². The molecule has 4 nitrogen and oxygen atoms in total. The standard InChI is InChI=1S/C15H16N4S.2ClH/c1-12-16-7-8-18(12)9-13-10-19(11-17-13)14-3-5-15(20-2)6-4-14;;/h3-8,10-11H,9H2,1-2H3;2*1H. The summed E-state index contributed by atoms with van der Waals surface area (Å²) in [6, 6.07) is 8.47. The first kappa shape index (κ1) is 18.6. The lowest BCUT2D eigenvalue weighted by molar-refractivity contribution is 0.746. The molecule has 0 N–H and O–H groups in total. The van der Waals surface area contributed by atoms with Crippen molar-refractivity contribution in [2.24, 2.45) is 0 Å². The maximum Gasteiger partial charge on any atom is 0.105 e. The number of hydrogen-bond acceptors (Lipinski definition) is 3. The highest BCUT2D eigenvalue weighted by molar-refractivity contribution is 7.98. The van der Waals surface area contributed by atoms with Gasteiger partial charge in [-0.25, -0.2) is 9.97 Å². The van der Waals surface area contributed by atoms with Gasteiger partial charge in [-0.05, 0) is 37.4 Å². The van der Waals surface area contributed by atoms with Gasteiger partial charge < -0.3 is 9.13 Å². The number of halogens is 2. The van der Waals surface area contributed by atoms with Crippen molar-refractivity contribution in [2.75, 3.05) is 6.26 Å². The van der Waals surface area contributed by atoms with Crippen LogP contribution in [0.1, 0.15) is 11.5 Å². The number of thioether (sulfide) groups is 1. The third kappa shape index (κ3) is 4.06. The Bertz CT molecular complexity index is 706. The van der Waals surface area contributed by atoms with Crippen LogP contribution in [0.15, 0.2) is 54.1 Å². The van der Waals surface area contributed by atoms with Crippen LogP contribution in [0.25, 0.3) is 5.69 Å². The first-order chi connectivity index (χ1) is 9.76. The molecule has 3 rings (SSSR count). The molecule has 0 unspecified atom stereocenters. The van der Waals surface area contributed by atoms with Crippen LogP contribution < -0.4 is 0 Å². The molecule has 2 heterocycles. The van der Waals surface area contributed by atoms with Gasteiger partial charge in [-0.1, -0.05) is 0 Å². The lowest BCUT2D eigenvalue weighted by Gasteiger charge is -2.03. The zero-order chi connectivity index (χ0) is 13.9. The molecule has 0 radical (unpaired) electrons. The van der Waals surface area contributed by atoms with Crippen LogP contribution in [-0.2, 0) is 6.54 Å². The summed E-state index contributed by atoms with van der Waals surface area (Å²) in [7, 11) is 0. The summed E-state index contributed by atoms with van der Waals surface area (Å²) in [4.78, 5) is 9.95. The Balaban J connectivity index is 0.00000121. The van der Waals surface area contributed by atoms with E-state index in [9.17, 15) is 0 Å². The van der Waals surface area contributed by atoms with Crippen molar-refractivity contribution in [1.29, 1.82) is 0 Å². The van der Waals surface area contributed by atoms with E-state index in [1.165, 1.54) is 4.90 Å². The van der Waals surface area contributed by atoms with E-state index in [4.69, 9.17) is 0 Å². The van der Waals surface area contributed by atoms with Crippen LogP contribution in [0.5, 0.6) is 0 Å². The minimum atomic E-state index is 0. The summed E-state index contributed by atoms with van der Waals surface area (Å²) in [6.07, 6.45) is 9.79. The highest BCUT2D eigenvalue weighted by Crippen LogP contribution is 2.17. The lowest BCUT2D eigenvalue weighted by atomic mass is 10.3. The van der Waals surface area contributed by atoms with Crippen molar-refractivity contribution in [3.05, 3.63) is 60.7 Å². The van der Waals surface area contributed by atoms with Gasteiger partial charge >= 0.3 is 0 Å². The highest BCUT2D eigenvalue weighted by atomic mass is 35.5. The number of aromatic nitrogens is 4. The van der Waals surface area contributed by atoms with Crippen LogP contribution in [-0.4, -0.2) is 25.4 Å². The van der Waals surface area contributed by atoms with Gasteiger partial charge in [0, 0.05) is 29.2 Å². The summed E-state index contributed by atoms with van der Waals surface area (Å²) < 4.78 is 4.13. The van der Waals surface area contributed by atoms with Crippen molar-refractivity contribution in [3.8, 4) is 5.69 Å². The first-order valence-electron chi connectivity index (χ1n) is 6.41. The topological polar surface area (TPSA) is 35.6 Å². The molecule has 1 aromatic carbocycles. The maximum atomic E-state index is 4.46. The molecule has 118 valence electrons. The van der Waals surface area contributed by atoms with E-state index in [0.717, 1.165) is 23.8 Å². The van der Waals surface area contributed by atoms with Gasteiger partial charge in [0.1, 0.15) is 5.82 Å². The zero-order valence-corrected chi connectivity index (χ0v) is 14.8. The molecule has 2 aromatic heterocycles. The number of nitrogens with zero attached hydrogens (tertiary/aromatic N) is 4. The fourth-order valence-corrected chi connectivity index (χ4v) is 2.49. The van der Waals surface area contributed by atoms with Crippen molar-refractivity contribution < 1.29 is 0 Å². The van der Waals surface area contributed by atoms with E-state index in [-0.39, 0.29) is 24.8 Å². The van der Waals surface area contributed by atoms with Crippen molar-refractivity contribution in [3.63, 3.8) is 0 Å². The normalized spacial score (nSPS) is 9.91. The Hall–Kier alpha value is -1.43. The number of hydrogen-bond donors (Lipinski definition) is 0. The fourth-order valence-electron chi connectivity index (χ4n) is 2.09. The SMILES string of the molecule is CSc1ccc(-n2cnc(Cn3ccnc3C)c2)cc1.Cl.Cl. The molecule has 0 saturated heterocycles. The van der Waals surface area contributed by atoms with Gasteiger partial charge in [0.15, 0.2) is 0 Å². The van der Waals surface area contributed by atoms with Crippen LogP contribution in [0.4, 0.5) is 0 Å². The van der Waals surface area contributed by atoms with Gasteiger partial charge in [0.25, 0.3) is 0 Å². The zero-order valence-electron chi connectivity index (χ0n) is 12.3. The molecule has 0 fully saturated rings. The second-order valence-electron chi connectivity index (χ2n) is 4.57. The summed E-state index contributed by atoms with van der Waals surface area (Å²) in [5, 5.41) is 0. The van der Waals surface area contributed by atoms with E-state index in [1.54, 1.807) is 11.8 Å². The van der Waals surface area contributed by atoms with Crippen LogP contribution in [0, 0.1) is 6.92 Å². The van der Waals surface area contributed by atoms with Gasteiger partial charge in [0.05, 0.1) is 18.6 Å². The van der Waals surface area contributed by atoms with E-state index in [2.05, 4.69) is 51.3 Å². The molecule has 0 spiro atoms. The molecule has 22 heavy (non-hydrogen) atoms. The van der Waals surface area contributed by atoms with Crippen molar-refractivity contribution in [2.45, 2.75) is 18.4 Å². The molecule has 0 aliphatic rings. The first-order valence-corrected chi connectivity index (χ1v) is 7.64. The predicted molar refractivity (Wildman–Crippen MR) is 95.9 cm³/mol. The van der Waals surface area contributed by atoms with Crippen molar-refractivity contribution >= 4 is 36.6 Å². The summed E-state index contributed by atoms with van der Waals surface area (Å²) in [5.41, 5.74) is 2.16. The molecule has 7 heteroatoms.